The molecule has 28 heavy (non-hydrogen) atoms. The molecule has 2 heterocycles. The van der Waals surface area contributed by atoms with E-state index in [1.807, 2.05) is 53.3 Å². The van der Waals surface area contributed by atoms with E-state index in [0.717, 1.165) is 29.5 Å². The molecule has 5 nitrogen and oxygen atoms in total. The Bertz CT molecular complexity index is 886. The van der Waals surface area contributed by atoms with Crippen molar-refractivity contribution < 1.29 is 4.79 Å². The fourth-order valence-electron chi connectivity index (χ4n) is 3.99. The van der Waals surface area contributed by atoms with Gasteiger partial charge >= 0.3 is 0 Å². The van der Waals surface area contributed by atoms with Gasteiger partial charge in [0.1, 0.15) is 0 Å². The lowest BCUT2D eigenvalue weighted by atomic mass is 9.93. The van der Waals surface area contributed by atoms with Crippen molar-refractivity contribution in [1.82, 2.24) is 19.7 Å². The number of carbonyl (C=O) groups excluding carboxylic acids is 1. The van der Waals surface area contributed by atoms with Crippen molar-refractivity contribution >= 4 is 5.91 Å². The third kappa shape index (κ3) is 4.47. The van der Waals surface area contributed by atoms with E-state index in [9.17, 15) is 4.79 Å². The number of rotatable bonds is 6. The minimum Gasteiger partial charge on any atom is -0.331 e. The summed E-state index contributed by atoms with van der Waals surface area (Å²) in [6.07, 6.45) is 13.1. The van der Waals surface area contributed by atoms with Gasteiger partial charge in [-0.1, -0.05) is 31.4 Å². The zero-order chi connectivity index (χ0) is 19.2. The van der Waals surface area contributed by atoms with Gasteiger partial charge in [0.2, 0.25) is 0 Å². The average molecular weight is 374 g/mol. The highest BCUT2D eigenvalue weighted by Crippen LogP contribution is 2.26. The topological polar surface area (TPSA) is 51.0 Å². The third-order valence-corrected chi connectivity index (χ3v) is 5.46. The number of nitrogens with zero attached hydrogens (tertiary/aromatic N) is 4. The van der Waals surface area contributed by atoms with Crippen LogP contribution in [0.25, 0.3) is 0 Å². The molecule has 144 valence electrons. The van der Waals surface area contributed by atoms with Crippen molar-refractivity contribution in [1.29, 1.82) is 0 Å². The predicted octanol–water partition coefficient (Wildman–Crippen LogP) is 4.30. The number of amides is 1. The van der Waals surface area contributed by atoms with Crippen molar-refractivity contribution in [2.45, 2.75) is 51.2 Å². The number of carbonyl (C=O) groups is 1. The maximum Gasteiger partial charge on any atom is 0.254 e. The van der Waals surface area contributed by atoms with Crippen molar-refractivity contribution in [2.24, 2.45) is 0 Å². The number of hydrogen-bond acceptors (Lipinski definition) is 3. The van der Waals surface area contributed by atoms with Crippen molar-refractivity contribution in [3.8, 4) is 0 Å². The fourth-order valence-corrected chi connectivity index (χ4v) is 3.99. The molecule has 1 aliphatic rings. The normalized spacial score (nSPS) is 14.7. The van der Waals surface area contributed by atoms with Crippen LogP contribution in [0.2, 0.25) is 0 Å². The number of hydrogen-bond donors (Lipinski definition) is 0. The van der Waals surface area contributed by atoms with E-state index in [1.165, 1.54) is 19.3 Å². The van der Waals surface area contributed by atoms with Gasteiger partial charge in [-0.25, -0.2) is 0 Å². The van der Waals surface area contributed by atoms with Gasteiger partial charge in [-0.05, 0) is 54.3 Å². The van der Waals surface area contributed by atoms with Gasteiger partial charge in [-0.3, -0.25) is 14.5 Å². The molecule has 0 unspecified atom stereocenters. The summed E-state index contributed by atoms with van der Waals surface area (Å²) in [6, 6.07) is 14.2. The minimum absolute atomic E-state index is 0.117. The third-order valence-electron chi connectivity index (χ3n) is 5.46. The van der Waals surface area contributed by atoms with Crippen molar-refractivity contribution in [2.75, 3.05) is 0 Å². The number of benzene rings is 1. The molecule has 1 saturated carbocycles. The molecule has 3 aromatic rings. The molecule has 0 aliphatic heterocycles. The molecule has 0 radical (unpaired) electrons. The molecule has 1 fully saturated rings. The second-order valence-corrected chi connectivity index (χ2v) is 7.48. The highest BCUT2D eigenvalue weighted by atomic mass is 16.2. The quantitative estimate of drug-likeness (QED) is 0.646. The number of pyridine rings is 1. The Morgan fingerprint density at radius 2 is 1.82 bits per heavy atom. The monoisotopic (exact) mass is 374 g/mol. The molecular formula is C23H26N4O. The van der Waals surface area contributed by atoms with Crippen LogP contribution in [0.15, 0.2) is 67.3 Å². The van der Waals surface area contributed by atoms with Gasteiger partial charge in [-0.2, -0.15) is 5.10 Å². The molecule has 1 aliphatic carbocycles. The molecule has 1 amide bonds. The van der Waals surface area contributed by atoms with E-state index in [2.05, 4.69) is 15.0 Å². The fraction of sp³-hybridized carbons (Fsp3) is 0.348. The molecule has 2 aromatic heterocycles. The molecule has 4 rings (SSSR count). The lowest BCUT2D eigenvalue weighted by Gasteiger charge is -2.34. The van der Waals surface area contributed by atoms with Gasteiger partial charge in [0.05, 0.1) is 6.54 Å². The van der Waals surface area contributed by atoms with Crippen LogP contribution >= 0.6 is 0 Å². The molecule has 0 N–H and O–H groups in total. The Morgan fingerprint density at radius 3 is 2.57 bits per heavy atom. The Labute approximate surface area is 166 Å². The zero-order valence-corrected chi connectivity index (χ0v) is 16.1. The Morgan fingerprint density at radius 1 is 1.00 bits per heavy atom. The summed E-state index contributed by atoms with van der Waals surface area (Å²) in [4.78, 5) is 19.7. The van der Waals surface area contributed by atoms with Crippen LogP contribution < -0.4 is 0 Å². The first-order valence-electron chi connectivity index (χ1n) is 10.1. The largest absolute Gasteiger partial charge is 0.331 e. The summed E-state index contributed by atoms with van der Waals surface area (Å²) < 4.78 is 1.87. The smallest absolute Gasteiger partial charge is 0.254 e. The van der Waals surface area contributed by atoms with Gasteiger partial charge in [0.25, 0.3) is 5.91 Å². The predicted molar refractivity (Wildman–Crippen MR) is 109 cm³/mol. The molecule has 0 bridgehead atoms. The van der Waals surface area contributed by atoms with Gasteiger partial charge < -0.3 is 4.90 Å². The van der Waals surface area contributed by atoms with Gasteiger partial charge in [0.15, 0.2) is 0 Å². The van der Waals surface area contributed by atoms with Crippen LogP contribution in [-0.4, -0.2) is 31.6 Å². The van der Waals surface area contributed by atoms with E-state index in [1.54, 1.807) is 18.6 Å². The first kappa shape index (κ1) is 18.4. The van der Waals surface area contributed by atoms with E-state index >= 15 is 0 Å². The van der Waals surface area contributed by atoms with Crippen LogP contribution in [0.1, 0.15) is 53.6 Å². The Kier molecular flexibility index (Phi) is 5.80. The SMILES string of the molecule is O=C(c1cccc(Cn2cccn2)c1)N(Cc1ccncc1)C1CCCCC1. The zero-order valence-electron chi connectivity index (χ0n) is 16.1. The lowest BCUT2D eigenvalue weighted by Crippen LogP contribution is -2.41. The second kappa shape index (κ2) is 8.83. The van der Waals surface area contributed by atoms with Crippen LogP contribution in [0, 0.1) is 0 Å². The van der Waals surface area contributed by atoms with E-state index in [0.29, 0.717) is 19.1 Å². The summed E-state index contributed by atoms with van der Waals surface area (Å²) in [7, 11) is 0. The molecule has 0 spiro atoms. The van der Waals surface area contributed by atoms with E-state index < -0.39 is 0 Å². The van der Waals surface area contributed by atoms with Crippen LogP contribution in [0.5, 0.6) is 0 Å². The summed E-state index contributed by atoms with van der Waals surface area (Å²) >= 11 is 0. The van der Waals surface area contributed by atoms with Crippen molar-refractivity contribution in [3.63, 3.8) is 0 Å². The van der Waals surface area contributed by atoms with Gasteiger partial charge in [0, 0.05) is 42.9 Å². The summed E-state index contributed by atoms with van der Waals surface area (Å²) in [5.74, 6) is 0.117. The average Bonchev–Trinajstić information content (AvgIpc) is 3.26. The van der Waals surface area contributed by atoms with Crippen LogP contribution in [0.3, 0.4) is 0 Å². The second-order valence-electron chi connectivity index (χ2n) is 7.48. The maximum atomic E-state index is 13.5. The van der Waals surface area contributed by atoms with E-state index in [4.69, 9.17) is 0 Å². The molecule has 5 heteroatoms. The highest BCUT2D eigenvalue weighted by Gasteiger charge is 2.26. The van der Waals surface area contributed by atoms with Crippen molar-refractivity contribution in [3.05, 3.63) is 83.9 Å². The summed E-state index contributed by atoms with van der Waals surface area (Å²) in [5.41, 5.74) is 2.97. The molecular weight excluding hydrogens is 348 g/mol. The molecule has 0 atom stereocenters. The molecule has 1 aromatic carbocycles. The summed E-state index contributed by atoms with van der Waals surface area (Å²) in [5, 5.41) is 4.27. The highest BCUT2D eigenvalue weighted by molar-refractivity contribution is 5.94. The Hall–Kier alpha value is -2.95. The standard InChI is InChI=1S/C23H26N4O/c28-23(21-7-4-6-20(16-21)17-26-15-5-12-25-26)27(22-8-2-1-3-9-22)18-19-10-13-24-14-11-19/h4-7,10-16,22H,1-3,8-9,17-18H2. The maximum absolute atomic E-state index is 13.5. The Balaban J connectivity index is 1.57. The van der Waals surface area contributed by atoms with Crippen LogP contribution in [0.4, 0.5) is 0 Å². The first-order chi connectivity index (χ1) is 13.8. The van der Waals surface area contributed by atoms with E-state index in [-0.39, 0.29) is 5.91 Å². The summed E-state index contributed by atoms with van der Waals surface area (Å²) in [6.45, 7) is 1.30. The lowest BCUT2D eigenvalue weighted by molar-refractivity contribution is 0.0614. The number of aromatic nitrogens is 3. The minimum atomic E-state index is 0.117. The first-order valence-corrected chi connectivity index (χ1v) is 10.1. The van der Waals surface area contributed by atoms with Crippen LogP contribution in [-0.2, 0) is 13.1 Å². The van der Waals surface area contributed by atoms with Gasteiger partial charge in [-0.15, -0.1) is 0 Å². The molecule has 0 saturated heterocycles.